The highest BCUT2D eigenvalue weighted by molar-refractivity contribution is 5.25. The van der Waals surface area contributed by atoms with Crippen LogP contribution < -0.4 is 5.32 Å². The summed E-state index contributed by atoms with van der Waals surface area (Å²) in [4.78, 5) is 7.15. The molecule has 2 N–H and O–H groups in total. The van der Waals surface area contributed by atoms with Crippen LogP contribution in [0.3, 0.4) is 0 Å². The van der Waals surface area contributed by atoms with Crippen molar-refractivity contribution >= 4 is 0 Å². The molecule has 0 unspecified atom stereocenters. The highest BCUT2D eigenvalue weighted by Gasteiger charge is 2.00. The number of aromatic nitrogens is 2. The standard InChI is InChI=1S/C15H19N3/c1-12-5-3-4-6-14(12)9-17-13(2)7-8-15-10-16-11-18-15/h3-6,10-11,17H,2,7-9H2,1H3,(H,16,18). The second kappa shape index (κ2) is 6.05. The molecular weight excluding hydrogens is 222 g/mol. The van der Waals surface area contributed by atoms with E-state index in [0.717, 1.165) is 30.8 Å². The number of rotatable bonds is 6. The predicted octanol–water partition coefficient (Wildman–Crippen LogP) is 2.95. The average molecular weight is 241 g/mol. The lowest BCUT2D eigenvalue weighted by atomic mass is 10.1. The number of aryl methyl sites for hydroxylation is 2. The van der Waals surface area contributed by atoms with Gasteiger partial charge in [0.2, 0.25) is 0 Å². The number of nitrogens with zero attached hydrogens (tertiary/aromatic N) is 1. The molecule has 0 saturated heterocycles. The Morgan fingerprint density at radius 3 is 2.94 bits per heavy atom. The lowest BCUT2D eigenvalue weighted by Gasteiger charge is -2.10. The number of hydrogen-bond acceptors (Lipinski definition) is 2. The van der Waals surface area contributed by atoms with Gasteiger partial charge in [-0.1, -0.05) is 30.8 Å². The maximum Gasteiger partial charge on any atom is 0.0923 e. The summed E-state index contributed by atoms with van der Waals surface area (Å²) in [5.41, 5.74) is 4.76. The summed E-state index contributed by atoms with van der Waals surface area (Å²) in [5.74, 6) is 0. The summed E-state index contributed by atoms with van der Waals surface area (Å²) in [6.45, 7) is 7.02. The molecule has 3 heteroatoms. The molecule has 0 saturated carbocycles. The fourth-order valence-electron chi connectivity index (χ4n) is 1.82. The van der Waals surface area contributed by atoms with E-state index in [1.807, 2.05) is 6.20 Å². The second-order valence-electron chi connectivity index (χ2n) is 4.44. The van der Waals surface area contributed by atoms with Gasteiger partial charge in [-0.05, 0) is 30.9 Å². The van der Waals surface area contributed by atoms with Crippen LogP contribution in [-0.4, -0.2) is 9.97 Å². The molecule has 2 aromatic rings. The van der Waals surface area contributed by atoms with Crippen molar-refractivity contribution in [1.82, 2.24) is 15.3 Å². The number of imidazole rings is 1. The minimum Gasteiger partial charge on any atom is -0.385 e. The third kappa shape index (κ3) is 3.48. The molecule has 0 bridgehead atoms. The molecule has 0 atom stereocenters. The van der Waals surface area contributed by atoms with Crippen molar-refractivity contribution < 1.29 is 0 Å². The third-order valence-corrected chi connectivity index (χ3v) is 3.03. The van der Waals surface area contributed by atoms with E-state index in [2.05, 4.69) is 53.1 Å². The Kier molecular flexibility index (Phi) is 4.18. The summed E-state index contributed by atoms with van der Waals surface area (Å²) in [7, 11) is 0. The molecule has 18 heavy (non-hydrogen) atoms. The Labute approximate surface area is 108 Å². The van der Waals surface area contributed by atoms with Gasteiger partial charge in [0, 0.05) is 18.4 Å². The molecule has 0 radical (unpaired) electrons. The lowest BCUT2D eigenvalue weighted by Crippen LogP contribution is -2.13. The first-order valence-corrected chi connectivity index (χ1v) is 6.19. The van der Waals surface area contributed by atoms with Crippen molar-refractivity contribution in [1.29, 1.82) is 0 Å². The van der Waals surface area contributed by atoms with E-state index in [4.69, 9.17) is 0 Å². The van der Waals surface area contributed by atoms with Gasteiger partial charge in [0.1, 0.15) is 0 Å². The van der Waals surface area contributed by atoms with Gasteiger partial charge in [-0.3, -0.25) is 0 Å². The maximum atomic E-state index is 4.20. The zero-order chi connectivity index (χ0) is 12.8. The molecule has 2 rings (SSSR count). The smallest absolute Gasteiger partial charge is 0.0923 e. The first-order valence-electron chi connectivity index (χ1n) is 6.19. The fourth-order valence-corrected chi connectivity index (χ4v) is 1.82. The fraction of sp³-hybridized carbons (Fsp3) is 0.267. The minimum absolute atomic E-state index is 0.839. The number of H-pyrrole nitrogens is 1. The summed E-state index contributed by atoms with van der Waals surface area (Å²) in [5, 5.41) is 3.37. The van der Waals surface area contributed by atoms with Gasteiger partial charge in [-0.15, -0.1) is 0 Å². The molecule has 0 aliphatic heterocycles. The van der Waals surface area contributed by atoms with Crippen molar-refractivity contribution in [2.24, 2.45) is 0 Å². The Morgan fingerprint density at radius 1 is 1.39 bits per heavy atom. The van der Waals surface area contributed by atoms with Crippen LogP contribution in [0.25, 0.3) is 0 Å². The van der Waals surface area contributed by atoms with E-state index in [0.29, 0.717) is 0 Å². The number of hydrogen-bond donors (Lipinski definition) is 2. The molecule has 0 amide bonds. The Hall–Kier alpha value is -2.03. The van der Waals surface area contributed by atoms with Gasteiger partial charge in [-0.25, -0.2) is 4.98 Å². The minimum atomic E-state index is 0.839. The van der Waals surface area contributed by atoms with E-state index >= 15 is 0 Å². The van der Waals surface area contributed by atoms with Crippen LogP contribution in [0, 0.1) is 6.92 Å². The average Bonchev–Trinajstić information content (AvgIpc) is 2.88. The zero-order valence-corrected chi connectivity index (χ0v) is 10.7. The zero-order valence-electron chi connectivity index (χ0n) is 10.7. The molecule has 0 fully saturated rings. The molecule has 0 aliphatic carbocycles. The van der Waals surface area contributed by atoms with Crippen LogP contribution in [-0.2, 0) is 13.0 Å². The van der Waals surface area contributed by atoms with Crippen LogP contribution >= 0.6 is 0 Å². The van der Waals surface area contributed by atoms with E-state index in [-0.39, 0.29) is 0 Å². The van der Waals surface area contributed by atoms with Crippen LogP contribution in [0.5, 0.6) is 0 Å². The van der Waals surface area contributed by atoms with Gasteiger partial charge < -0.3 is 10.3 Å². The number of benzene rings is 1. The quantitative estimate of drug-likeness (QED) is 0.816. The Bertz CT molecular complexity index is 500. The topological polar surface area (TPSA) is 40.7 Å². The molecule has 94 valence electrons. The number of allylic oxidation sites excluding steroid dienone is 1. The van der Waals surface area contributed by atoms with Crippen LogP contribution in [0.15, 0.2) is 49.1 Å². The molecule has 1 aromatic heterocycles. The summed E-state index contributed by atoms with van der Waals surface area (Å²) >= 11 is 0. The van der Waals surface area contributed by atoms with Gasteiger partial charge >= 0.3 is 0 Å². The van der Waals surface area contributed by atoms with E-state index in [1.165, 1.54) is 11.1 Å². The van der Waals surface area contributed by atoms with Crippen LogP contribution in [0.4, 0.5) is 0 Å². The summed E-state index contributed by atoms with van der Waals surface area (Å²) in [6, 6.07) is 8.40. The second-order valence-corrected chi connectivity index (χ2v) is 4.44. The first-order chi connectivity index (χ1) is 8.75. The van der Waals surface area contributed by atoms with E-state index < -0.39 is 0 Å². The Morgan fingerprint density at radius 2 is 2.22 bits per heavy atom. The van der Waals surface area contributed by atoms with Crippen molar-refractivity contribution in [3.8, 4) is 0 Å². The van der Waals surface area contributed by atoms with Crippen LogP contribution in [0.1, 0.15) is 23.2 Å². The number of aromatic amines is 1. The normalized spacial score (nSPS) is 10.3. The lowest BCUT2D eigenvalue weighted by molar-refractivity contribution is 0.742. The molecular formula is C15H19N3. The van der Waals surface area contributed by atoms with Crippen molar-refractivity contribution in [3.05, 3.63) is 65.9 Å². The summed E-state index contributed by atoms with van der Waals surface area (Å²) < 4.78 is 0. The van der Waals surface area contributed by atoms with E-state index in [9.17, 15) is 0 Å². The highest BCUT2D eigenvalue weighted by atomic mass is 14.9. The van der Waals surface area contributed by atoms with Crippen LogP contribution in [0.2, 0.25) is 0 Å². The summed E-state index contributed by atoms with van der Waals surface area (Å²) in [6.07, 6.45) is 5.47. The molecule has 3 nitrogen and oxygen atoms in total. The van der Waals surface area contributed by atoms with Gasteiger partial charge in [0.25, 0.3) is 0 Å². The van der Waals surface area contributed by atoms with Gasteiger partial charge in [0.15, 0.2) is 0 Å². The highest BCUT2D eigenvalue weighted by Crippen LogP contribution is 2.08. The number of nitrogens with one attached hydrogen (secondary N) is 2. The third-order valence-electron chi connectivity index (χ3n) is 3.03. The maximum absolute atomic E-state index is 4.20. The SMILES string of the molecule is C=C(CCc1c[nH]cn1)NCc1ccccc1C. The largest absolute Gasteiger partial charge is 0.385 e. The van der Waals surface area contributed by atoms with Crippen molar-refractivity contribution in [3.63, 3.8) is 0 Å². The predicted molar refractivity (Wildman–Crippen MR) is 74.1 cm³/mol. The molecule has 0 spiro atoms. The van der Waals surface area contributed by atoms with Crippen molar-refractivity contribution in [2.45, 2.75) is 26.3 Å². The molecule has 0 aliphatic rings. The Balaban J connectivity index is 1.77. The van der Waals surface area contributed by atoms with E-state index in [1.54, 1.807) is 6.33 Å². The molecule has 1 heterocycles. The van der Waals surface area contributed by atoms with Gasteiger partial charge in [0.05, 0.1) is 12.0 Å². The molecule has 1 aromatic carbocycles. The monoisotopic (exact) mass is 241 g/mol. The van der Waals surface area contributed by atoms with Crippen molar-refractivity contribution in [2.75, 3.05) is 0 Å². The van der Waals surface area contributed by atoms with Gasteiger partial charge in [-0.2, -0.15) is 0 Å². The first kappa shape index (κ1) is 12.4.